The zero-order chi connectivity index (χ0) is 14.9. The lowest BCUT2D eigenvalue weighted by molar-refractivity contribution is -0.649. The van der Waals surface area contributed by atoms with Gasteiger partial charge in [-0.3, -0.25) is 0 Å². The van der Waals surface area contributed by atoms with Gasteiger partial charge in [0.05, 0.1) is 23.8 Å². The highest BCUT2D eigenvalue weighted by molar-refractivity contribution is 5.74. The maximum atomic E-state index is 3.36. The minimum Gasteiger partial charge on any atom is -0.319 e. The van der Waals surface area contributed by atoms with Crippen LogP contribution in [0.4, 0.5) is 0 Å². The van der Waals surface area contributed by atoms with Crippen LogP contribution < -0.4 is 4.57 Å². The molecule has 3 aromatic carbocycles. The van der Waals surface area contributed by atoms with Crippen molar-refractivity contribution < 1.29 is 4.57 Å². The largest absolute Gasteiger partial charge is 0.319 e. The monoisotopic (exact) mass is 284 g/mol. The highest BCUT2D eigenvalue weighted by Gasteiger charge is 2.06. The lowest BCUT2D eigenvalue weighted by Gasteiger charge is -2.07. The van der Waals surface area contributed by atoms with Crippen molar-refractivity contribution in [3.8, 4) is 16.8 Å². The first kappa shape index (κ1) is 12.8. The van der Waals surface area contributed by atoms with Gasteiger partial charge in [-0.05, 0) is 11.1 Å². The van der Waals surface area contributed by atoms with Crippen molar-refractivity contribution in [2.24, 2.45) is 7.05 Å². The number of fused-ring (bicyclic) bond motifs is 1. The van der Waals surface area contributed by atoms with E-state index in [9.17, 15) is 0 Å². The van der Waals surface area contributed by atoms with Gasteiger partial charge in [-0.15, -0.1) is 0 Å². The Labute approximate surface area is 129 Å². The van der Waals surface area contributed by atoms with Crippen molar-refractivity contribution in [1.29, 1.82) is 0 Å². The minimum atomic E-state index is 1.12. The Morgan fingerprint density at radius 1 is 0.727 bits per heavy atom. The molecule has 0 amide bonds. The Bertz CT molecular complexity index is 919. The number of hydrogen-bond donors (Lipinski definition) is 0. The number of imidazole rings is 1. The second-order valence-electron chi connectivity index (χ2n) is 5.40. The Balaban J connectivity index is 1.80. The van der Waals surface area contributed by atoms with Crippen molar-refractivity contribution >= 4 is 11.0 Å². The molecule has 4 aromatic rings. The van der Waals surface area contributed by atoms with Gasteiger partial charge in [0.1, 0.15) is 0 Å². The summed E-state index contributed by atoms with van der Waals surface area (Å²) in [4.78, 5) is 0. The SMILES string of the molecule is C[n+]1[c-]n(-c2ccc(-c3ccccc3)cc2)c2ccccc21. The summed E-state index contributed by atoms with van der Waals surface area (Å²) in [7, 11) is 2.02. The number of hydrogen-bond acceptors (Lipinski definition) is 0. The zero-order valence-electron chi connectivity index (χ0n) is 12.4. The van der Waals surface area contributed by atoms with Gasteiger partial charge < -0.3 is 9.13 Å². The molecule has 2 nitrogen and oxygen atoms in total. The van der Waals surface area contributed by atoms with Crippen LogP contribution >= 0.6 is 0 Å². The van der Waals surface area contributed by atoms with E-state index in [0.717, 1.165) is 11.2 Å². The summed E-state index contributed by atoms with van der Waals surface area (Å²) in [5.41, 5.74) is 5.93. The molecule has 0 unspecified atom stereocenters. The number of benzene rings is 3. The number of nitrogens with zero attached hydrogens (tertiary/aromatic N) is 2. The van der Waals surface area contributed by atoms with Crippen molar-refractivity contribution in [3.05, 3.63) is 85.2 Å². The summed E-state index contributed by atoms with van der Waals surface area (Å²) in [6.07, 6.45) is 3.36. The smallest absolute Gasteiger partial charge is 0.244 e. The molecule has 1 aromatic heterocycles. The molecule has 0 aliphatic rings. The summed E-state index contributed by atoms with van der Waals surface area (Å²) in [6, 6.07) is 27.4. The van der Waals surface area contributed by atoms with Crippen molar-refractivity contribution in [2.75, 3.05) is 0 Å². The van der Waals surface area contributed by atoms with Crippen LogP contribution in [-0.4, -0.2) is 4.57 Å². The summed E-state index contributed by atoms with van der Waals surface area (Å²) in [6.45, 7) is 0. The van der Waals surface area contributed by atoms with Crippen LogP contribution in [0.1, 0.15) is 0 Å². The van der Waals surface area contributed by atoms with Gasteiger partial charge in [0.2, 0.25) is 6.33 Å². The first-order valence-corrected chi connectivity index (χ1v) is 7.37. The van der Waals surface area contributed by atoms with Crippen LogP contribution in [0.3, 0.4) is 0 Å². The first-order valence-electron chi connectivity index (χ1n) is 7.37. The number of aromatic nitrogens is 2. The Hall–Kier alpha value is -2.87. The molecule has 22 heavy (non-hydrogen) atoms. The number of aryl methyl sites for hydroxylation is 1. The third kappa shape index (κ3) is 2.09. The number of rotatable bonds is 2. The predicted octanol–water partition coefficient (Wildman–Crippen LogP) is 3.92. The lowest BCUT2D eigenvalue weighted by atomic mass is 10.1. The van der Waals surface area contributed by atoms with Gasteiger partial charge in [0.15, 0.2) is 0 Å². The van der Waals surface area contributed by atoms with Gasteiger partial charge in [0.25, 0.3) is 0 Å². The predicted molar refractivity (Wildman–Crippen MR) is 88.7 cm³/mol. The van der Waals surface area contributed by atoms with E-state index in [1.54, 1.807) is 0 Å². The van der Waals surface area contributed by atoms with Crippen LogP contribution in [0.5, 0.6) is 0 Å². The molecule has 0 aliphatic heterocycles. The molecular formula is C20H16N2. The molecular weight excluding hydrogens is 268 g/mol. The van der Waals surface area contributed by atoms with Crippen molar-refractivity contribution in [2.45, 2.75) is 0 Å². The maximum Gasteiger partial charge on any atom is 0.244 e. The topological polar surface area (TPSA) is 8.81 Å². The van der Waals surface area contributed by atoms with E-state index in [-0.39, 0.29) is 0 Å². The van der Waals surface area contributed by atoms with E-state index in [4.69, 9.17) is 0 Å². The molecule has 0 spiro atoms. The molecule has 0 radical (unpaired) electrons. The summed E-state index contributed by atoms with van der Waals surface area (Å²) >= 11 is 0. The van der Waals surface area contributed by atoms with E-state index >= 15 is 0 Å². The van der Waals surface area contributed by atoms with Gasteiger partial charge >= 0.3 is 0 Å². The number of para-hydroxylation sites is 2. The molecule has 106 valence electrons. The van der Waals surface area contributed by atoms with Crippen molar-refractivity contribution in [3.63, 3.8) is 0 Å². The average molecular weight is 284 g/mol. The van der Waals surface area contributed by atoms with Crippen LogP contribution in [-0.2, 0) is 7.05 Å². The van der Waals surface area contributed by atoms with E-state index < -0.39 is 0 Å². The highest BCUT2D eigenvalue weighted by Crippen LogP contribution is 2.22. The fourth-order valence-corrected chi connectivity index (χ4v) is 2.82. The molecule has 1 heterocycles. The minimum absolute atomic E-state index is 1.12. The van der Waals surface area contributed by atoms with Crippen molar-refractivity contribution in [1.82, 2.24) is 4.57 Å². The fraction of sp³-hybridized carbons (Fsp3) is 0.0500. The molecule has 0 saturated carbocycles. The van der Waals surface area contributed by atoms with Crippen LogP contribution in [0, 0.1) is 6.33 Å². The maximum absolute atomic E-state index is 3.36. The van der Waals surface area contributed by atoms with E-state index in [2.05, 4.69) is 83.7 Å². The van der Waals surface area contributed by atoms with E-state index in [1.165, 1.54) is 16.6 Å². The molecule has 2 heteroatoms. The van der Waals surface area contributed by atoms with E-state index in [1.807, 2.05) is 17.7 Å². The molecule has 0 fully saturated rings. The average Bonchev–Trinajstić information content (AvgIpc) is 2.93. The van der Waals surface area contributed by atoms with Gasteiger partial charge in [-0.2, -0.15) is 0 Å². The van der Waals surface area contributed by atoms with Gasteiger partial charge in [-0.25, -0.2) is 0 Å². The third-order valence-corrected chi connectivity index (χ3v) is 3.97. The standard InChI is InChI=1S/C20H16N2/c1-21-15-22(20-10-6-5-9-19(20)21)18-13-11-17(12-14-18)16-7-3-2-4-8-16/h2-14H,1H3. The van der Waals surface area contributed by atoms with Crippen LogP contribution in [0.15, 0.2) is 78.9 Å². The highest BCUT2D eigenvalue weighted by atomic mass is 15.1. The van der Waals surface area contributed by atoms with E-state index in [0.29, 0.717) is 0 Å². The second kappa shape index (κ2) is 5.15. The summed E-state index contributed by atoms with van der Waals surface area (Å²) in [5.74, 6) is 0. The summed E-state index contributed by atoms with van der Waals surface area (Å²) in [5, 5.41) is 0. The summed E-state index contributed by atoms with van der Waals surface area (Å²) < 4.78 is 4.13. The molecule has 4 rings (SSSR count). The first-order chi connectivity index (χ1) is 10.8. The zero-order valence-corrected chi connectivity index (χ0v) is 12.4. The lowest BCUT2D eigenvalue weighted by Crippen LogP contribution is -2.26. The van der Waals surface area contributed by atoms with Gasteiger partial charge in [-0.1, -0.05) is 78.9 Å². The molecule has 0 bridgehead atoms. The fourth-order valence-electron chi connectivity index (χ4n) is 2.82. The molecule has 0 aliphatic carbocycles. The Morgan fingerprint density at radius 2 is 1.36 bits per heavy atom. The molecule has 0 N–H and O–H groups in total. The molecule has 0 atom stereocenters. The van der Waals surface area contributed by atoms with Crippen LogP contribution in [0.2, 0.25) is 0 Å². The normalized spacial score (nSPS) is 11.0. The molecule has 0 saturated heterocycles. The Morgan fingerprint density at radius 3 is 2.14 bits per heavy atom. The Kier molecular flexibility index (Phi) is 3.01. The third-order valence-electron chi connectivity index (χ3n) is 3.97. The van der Waals surface area contributed by atoms with Gasteiger partial charge in [0, 0.05) is 0 Å². The quantitative estimate of drug-likeness (QED) is 0.390. The van der Waals surface area contributed by atoms with Crippen LogP contribution in [0.25, 0.3) is 27.8 Å². The second-order valence-corrected chi connectivity index (χ2v) is 5.40.